The lowest BCUT2D eigenvalue weighted by Gasteiger charge is -2.06. The Hall–Kier alpha value is -3.60. The fourth-order valence-corrected chi connectivity index (χ4v) is 2.30. The highest BCUT2D eigenvalue weighted by Crippen LogP contribution is 2.17. The molecule has 0 saturated heterocycles. The molecule has 0 aliphatic heterocycles. The molecule has 0 N–H and O–H groups in total. The summed E-state index contributed by atoms with van der Waals surface area (Å²) < 4.78 is 15.6. The van der Waals surface area contributed by atoms with Crippen molar-refractivity contribution in [1.82, 2.24) is 0 Å². The summed E-state index contributed by atoms with van der Waals surface area (Å²) in [7, 11) is 0. The molecule has 0 aliphatic rings. The molecule has 0 heterocycles. The van der Waals surface area contributed by atoms with E-state index < -0.39 is 11.9 Å². The van der Waals surface area contributed by atoms with E-state index in [9.17, 15) is 9.59 Å². The molecule has 0 spiro atoms. The van der Waals surface area contributed by atoms with Crippen LogP contribution in [0.5, 0.6) is 11.5 Å². The van der Waals surface area contributed by atoms with E-state index in [2.05, 4.69) is 13.2 Å². The van der Waals surface area contributed by atoms with Crippen molar-refractivity contribution in [3.63, 3.8) is 0 Å². The third-order valence-corrected chi connectivity index (χ3v) is 3.83. The van der Waals surface area contributed by atoms with Gasteiger partial charge in [0.2, 0.25) is 0 Å². The second-order valence-corrected chi connectivity index (χ2v) is 6.02. The summed E-state index contributed by atoms with van der Waals surface area (Å²) in [5, 5.41) is 0. The van der Waals surface area contributed by atoms with Crippen LogP contribution in [-0.4, -0.2) is 25.2 Å². The summed E-state index contributed by atoms with van der Waals surface area (Å²) in [6.45, 7) is 7.64. The summed E-state index contributed by atoms with van der Waals surface area (Å²) in [5.74, 6) is 0.388. The normalized spacial score (nSPS) is 10.3. The zero-order valence-electron chi connectivity index (χ0n) is 16.2. The fraction of sp³-hybridized carbons (Fsp3) is 0.167. The Morgan fingerprint density at radius 1 is 0.724 bits per heavy atom. The van der Waals surface area contributed by atoms with Gasteiger partial charge in [0.05, 0.1) is 13.2 Å². The van der Waals surface area contributed by atoms with Gasteiger partial charge in [-0.25, -0.2) is 9.59 Å². The van der Waals surface area contributed by atoms with Gasteiger partial charge in [-0.15, -0.1) is 0 Å². The van der Waals surface area contributed by atoms with Gasteiger partial charge in [-0.1, -0.05) is 49.6 Å². The molecule has 29 heavy (non-hydrogen) atoms. The topological polar surface area (TPSA) is 61.8 Å². The van der Waals surface area contributed by atoms with Crippen molar-refractivity contribution in [3.8, 4) is 11.5 Å². The number of unbranched alkanes of at least 4 members (excludes halogenated alkanes) is 1. The van der Waals surface area contributed by atoms with E-state index >= 15 is 0 Å². The maximum atomic E-state index is 11.2. The standard InChI is InChI=1S/C24H24O5/c1-3-23(25)28-18-6-5-17-27-21-13-9-19(10-14-21)7-8-20-11-15-22(16-12-20)29-24(26)4-2/h3-4,7-16H,1-2,5-6,17-18H2/b8-7+. The van der Waals surface area contributed by atoms with E-state index in [-0.39, 0.29) is 0 Å². The van der Waals surface area contributed by atoms with Crippen LogP contribution in [0.25, 0.3) is 12.2 Å². The molecular formula is C24H24O5. The van der Waals surface area contributed by atoms with Crippen molar-refractivity contribution in [2.75, 3.05) is 13.2 Å². The quantitative estimate of drug-likeness (QED) is 0.180. The third-order valence-electron chi connectivity index (χ3n) is 3.83. The average Bonchev–Trinajstić information content (AvgIpc) is 2.76. The van der Waals surface area contributed by atoms with Gasteiger partial charge in [-0.2, -0.15) is 0 Å². The van der Waals surface area contributed by atoms with Crippen LogP contribution in [0.4, 0.5) is 0 Å². The number of hydrogen-bond donors (Lipinski definition) is 0. The van der Waals surface area contributed by atoms with Crippen LogP contribution in [0.15, 0.2) is 73.8 Å². The van der Waals surface area contributed by atoms with E-state index in [1.165, 1.54) is 0 Å². The molecule has 0 radical (unpaired) electrons. The van der Waals surface area contributed by atoms with Gasteiger partial charge in [0.25, 0.3) is 0 Å². The predicted molar refractivity (Wildman–Crippen MR) is 114 cm³/mol. The Kier molecular flexibility index (Phi) is 8.96. The van der Waals surface area contributed by atoms with Crippen LogP contribution in [0.1, 0.15) is 24.0 Å². The van der Waals surface area contributed by atoms with Gasteiger partial charge in [0.15, 0.2) is 0 Å². The summed E-state index contributed by atoms with van der Waals surface area (Å²) in [6.07, 6.45) is 7.78. The van der Waals surface area contributed by atoms with Crippen molar-refractivity contribution in [2.24, 2.45) is 0 Å². The molecule has 2 aromatic rings. The van der Waals surface area contributed by atoms with Crippen LogP contribution < -0.4 is 9.47 Å². The van der Waals surface area contributed by atoms with E-state index in [4.69, 9.17) is 14.2 Å². The lowest BCUT2D eigenvalue weighted by Crippen LogP contribution is -2.04. The highest BCUT2D eigenvalue weighted by Gasteiger charge is 1.99. The number of carbonyl (C=O) groups excluding carboxylic acids is 2. The smallest absolute Gasteiger partial charge is 0.335 e. The monoisotopic (exact) mass is 392 g/mol. The van der Waals surface area contributed by atoms with Crippen LogP contribution in [0.3, 0.4) is 0 Å². The molecule has 0 bridgehead atoms. The molecule has 0 saturated carbocycles. The minimum absolute atomic E-state index is 0.371. The van der Waals surface area contributed by atoms with Crippen molar-refractivity contribution in [1.29, 1.82) is 0 Å². The summed E-state index contributed by atoms with van der Waals surface area (Å²) in [4.78, 5) is 22.1. The van der Waals surface area contributed by atoms with Gasteiger partial charge in [0.1, 0.15) is 11.5 Å². The lowest BCUT2D eigenvalue weighted by molar-refractivity contribution is -0.137. The minimum Gasteiger partial charge on any atom is -0.494 e. The Labute approximate surface area is 170 Å². The van der Waals surface area contributed by atoms with E-state index in [1.54, 1.807) is 12.1 Å². The summed E-state index contributed by atoms with van der Waals surface area (Å²) >= 11 is 0. The van der Waals surface area contributed by atoms with Gasteiger partial charge in [-0.3, -0.25) is 0 Å². The van der Waals surface area contributed by atoms with Crippen molar-refractivity contribution >= 4 is 24.1 Å². The van der Waals surface area contributed by atoms with Crippen LogP contribution >= 0.6 is 0 Å². The molecule has 0 amide bonds. The van der Waals surface area contributed by atoms with Gasteiger partial charge in [0, 0.05) is 12.2 Å². The maximum Gasteiger partial charge on any atom is 0.335 e. The molecular weight excluding hydrogens is 368 g/mol. The molecule has 2 rings (SSSR count). The van der Waals surface area contributed by atoms with Gasteiger partial charge >= 0.3 is 11.9 Å². The molecule has 0 unspecified atom stereocenters. The fourth-order valence-electron chi connectivity index (χ4n) is 2.30. The lowest BCUT2D eigenvalue weighted by atomic mass is 10.1. The number of esters is 2. The zero-order valence-corrected chi connectivity index (χ0v) is 16.2. The van der Waals surface area contributed by atoms with Gasteiger partial charge < -0.3 is 14.2 Å². The molecule has 2 aromatic carbocycles. The number of hydrogen-bond acceptors (Lipinski definition) is 5. The molecule has 0 atom stereocenters. The second-order valence-electron chi connectivity index (χ2n) is 6.02. The number of benzene rings is 2. The Morgan fingerprint density at radius 2 is 1.24 bits per heavy atom. The minimum atomic E-state index is -0.480. The molecule has 5 heteroatoms. The Bertz CT molecular complexity index is 848. The van der Waals surface area contributed by atoms with E-state index in [0.29, 0.717) is 19.0 Å². The second kappa shape index (κ2) is 12.0. The number of rotatable bonds is 11. The first-order chi connectivity index (χ1) is 14.1. The van der Waals surface area contributed by atoms with Gasteiger partial charge in [-0.05, 0) is 48.2 Å². The third kappa shape index (κ3) is 8.30. The van der Waals surface area contributed by atoms with Crippen molar-refractivity contribution in [2.45, 2.75) is 12.8 Å². The van der Waals surface area contributed by atoms with Crippen molar-refractivity contribution in [3.05, 3.63) is 85.0 Å². The number of ether oxygens (including phenoxy) is 3. The largest absolute Gasteiger partial charge is 0.494 e. The first-order valence-corrected chi connectivity index (χ1v) is 9.25. The Balaban J connectivity index is 1.75. The van der Waals surface area contributed by atoms with Crippen LogP contribution in [0.2, 0.25) is 0 Å². The molecule has 5 nitrogen and oxygen atoms in total. The highest BCUT2D eigenvalue weighted by atomic mass is 16.5. The molecule has 150 valence electrons. The van der Waals surface area contributed by atoms with E-state index in [0.717, 1.165) is 41.9 Å². The van der Waals surface area contributed by atoms with E-state index in [1.807, 2.05) is 48.6 Å². The summed E-state index contributed by atoms with van der Waals surface area (Å²) in [6, 6.07) is 15.0. The summed E-state index contributed by atoms with van der Waals surface area (Å²) in [5.41, 5.74) is 2.02. The molecule has 0 fully saturated rings. The molecule has 0 aromatic heterocycles. The first kappa shape index (κ1) is 21.7. The van der Waals surface area contributed by atoms with Crippen LogP contribution in [0, 0.1) is 0 Å². The van der Waals surface area contributed by atoms with Crippen molar-refractivity contribution < 1.29 is 23.8 Å². The highest BCUT2D eigenvalue weighted by molar-refractivity contribution is 5.83. The SMILES string of the molecule is C=CC(=O)OCCCCOc1ccc(/C=C/c2ccc(OC(=O)C=C)cc2)cc1. The average molecular weight is 392 g/mol. The maximum absolute atomic E-state index is 11.2. The Morgan fingerprint density at radius 3 is 1.79 bits per heavy atom. The zero-order chi connectivity index (χ0) is 20.9. The predicted octanol–water partition coefficient (Wildman–Crippen LogP) is 4.84. The van der Waals surface area contributed by atoms with Crippen LogP contribution in [-0.2, 0) is 14.3 Å². The number of carbonyl (C=O) groups is 2. The molecule has 0 aliphatic carbocycles. The first-order valence-electron chi connectivity index (χ1n) is 9.25.